The Bertz CT molecular complexity index is 1850. The van der Waals surface area contributed by atoms with Crippen LogP contribution < -0.4 is 10.5 Å². The van der Waals surface area contributed by atoms with Gasteiger partial charge in [-0.2, -0.15) is 0 Å². The Morgan fingerprint density at radius 1 is 0.737 bits per heavy atom. The van der Waals surface area contributed by atoms with E-state index in [0.29, 0.717) is 28.6 Å². The van der Waals surface area contributed by atoms with Crippen molar-refractivity contribution in [3.8, 4) is 16.9 Å². The molecule has 5 aromatic carbocycles. The second kappa shape index (κ2) is 9.41. The number of carboxylic acid groups (broad SMARTS) is 1. The van der Waals surface area contributed by atoms with Gasteiger partial charge in [0, 0.05) is 17.5 Å². The number of rotatable bonds is 7. The summed E-state index contributed by atoms with van der Waals surface area (Å²) in [6.07, 6.45) is 0. The van der Waals surface area contributed by atoms with E-state index in [2.05, 4.69) is 41.0 Å². The van der Waals surface area contributed by atoms with Crippen LogP contribution in [0.5, 0.6) is 5.75 Å². The molecular weight excluding hydrogens is 476 g/mol. The van der Waals surface area contributed by atoms with Crippen LogP contribution in [-0.4, -0.2) is 28.2 Å². The molecule has 38 heavy (non-hydrogen) atoms. The Kier molecular flexibility index (Phi) is 5.77. The van der Waals surface area contributed by atoms with E-state index in [4.69, 9.17) is 10.5 Å². The summed E-state index contributed by atoms with van der Waals surface area (Å²) in [4.78, 5) is 24.0. The molecule has 0 fully saturated rings. The van der Waals surface area contributed by atoms with E-state index in [9.17, 15) is 14.7 Å². The highest BCUT2D eigenvalue weighted by Gasteiger charge is 2.22. The largest absolute Gasteiger partial charge is 0.481 e. The van der Waals surface area contributed by atoms with Gasteiger partial charge in [-0.3, -0.25) is 4.79 Å². The molecule has 0 saturated heterocycles. The third kappa shape index (κ3) is 4.12. The van der Waals surface area contributed by atoms with Gasteiger partial charge in [-0.25, -0.2) is 4.79 Å². The number of carbonyl (C=O) groups is 2. The maximum absolute atomic E-state index is 12.5. The number of amides is 1. The van der Waals surface area contributed by atoms with Crippen LogP contribution in [0.25, 0.3) is 43.7 Å². The van der Waals surface area contributed by atoms with Crippen molar-refractivity contribution in [1.29, 1.82) is 0 Å². The molecule has 0 radical (unpaired) electrons. The van der Waals surface area contributed by atoms with Gasteiger partial charge in [0.25, 0.3) is 0 Å². The molecule has 0 aliphatic carbocycles. The summed E-state index contributed by atoms with van der Waals surface area (Å²) in [7, 11) is 0. The molecule has 6 heteroatoms. The second-order valence-electron chi connectivity index (χ2n) is 9.25. The van der Waals surface area contributed by atoms with Crippen LogP contribution in [0.1, 0.15) is 15.9 Å². The lowest BCUT2D eigenvalue weighted by Crippen LogP contribution is -2.11. The smallest absolute Gasteiger partial charge is 0.341 e. The van der Waals surface area contributed by atoms with Crippen LogP contribution in [0, 0.1) is 0 Å². The van der Waals surface area contributed by atoms with E-state index >= 15 is 0 Å². The SMILES string of the molecule is NC(=O)c1cccc2c1c1c(OCC(=O)O)cc(-c3ccccc3)cc1n2Cc1ccc2ccccc2c1. The van der Waals surface area contributed by atoms with Gasteiger partial charge < -0.3 is 20.1 Å². The number of nitrogens with zero attached hydrogens (tertiary/aromatic N) is 1. The average molecular weight is 501 g/mol. The number of carbonyl (C=O) groups excluding carboxylic acids is 1. The highest BCUT2D eigenvalue weighted by atomic mass is 16.5. The normalized spacial score (nSPS) is 11.3. The molecule has 6 aromatic rings. The second-order valence-corrected chi connectivity index (χ2v) is 9.25. The van der Waals surface area contributed by atoms with E-state index in [-0.39, 0.29) is 0 Å². The summed E-state index contributed by atoms with van der Waals surface area (Å²) in [6, 6.07) is 33.7. The number of carboxylic acids is 1. The van der Waals surface area contributed by atoms with Gasteiger partial charge in [0.1, 0.15) is 5.75 Å². The minimum absolute atomic E-state index is 0.359. The van der Waals surface area contributed by atoms with Gasteiger partial charge in [-0.15, -0.1) is 0 Å². The summed E-state index contributed by atoms with van der Waals surface area (Å²) in [5.41, 5.74) is 10.7. The molecule has 0 bridgehead atoms. The van der Waals surface area contributed by atoms with Crippen molar-refractivity contribution < 1.29 is 19.4 Å². The number of benzene rings is 5. The fraction of sp³-hybridized carbons (Fsp3) is 0.0625. The molecule has 1 amide bonds. The van der Waals surface area contributed by atoms with Crippen LogP contribution in [0.15, 0.2) is 103 Å². The summed E-state index contributed by atoms with van der Waals surface area (Å²) in [6.45, 7) is 0.0209. The van der Waals surface area contributed by atoms with E-state index in [0.717, 1.165) is 38.5 Å². The molecule has 0 aliphatic rings. The molecule has 6 rings (SSSR count). The standard InChI is InChI=1S/C32H24N2O4/c33-32(37)25-11-6-12-26-30(25)31-27(34(26)18-20-13-14-22-9-4-5-10-23(22)15-20)16-24(21-7-2-1-3-8-21)17-28(31)38-19-29(35)36/h1-17H,18-19H2,(H2,33,37)(H,35,36). The first-order valence-corrected chi connectivity index (χ1v) is 12.3. The Balaban J connectivity index is 1.66. The molecule has 1 heterocycles. The zero-order valence-corrected chi connectivity index (χ0v) is 20.4. The van der Waals surface area contributed by atoms with Crippen molar-refractivity contribution in [3.05, 3.63) is 114 Å². The van der Waals surface area contributed by atoms with Crippen molar-refractivity contribution in [3.63, 3.8) is 0 Å². The highest BCUT2D eigenvalue weighted by molar-refractivity contribution is 6.20. The Hall–Kier alpha value is -5.10. The Morgan fingerprint density at radius 2 is 1.50 bits per heavy atom. The van der Waals surface area contributed by atoms with E-state index in [1.165, 1.54) is 0 Å². The first-order valence-electron chi connectivity index (χ1n) is 12.3. The van der Waals surface area contributed by atoms with Gasteiger partial charge in [0.15, 0.2) is 6.61 Å². The zero-order chi connectivity index (χ0) is 26.2. The maximum atomic E-state index is 12.5. The molecule has 0 spiro atoms. The fourth-order valence-corrected chi connectivity index (χ4v) is 5.17. The number of fused-ring (bicyclic) bond motifs is 4. The van der Waals surface area contributed by atoms with Crippen LogP contribution >= 0.6 is 0 Å². The summed E-state index contributed by atoms with van der Waals surface area (Å²) < 4.78 is 7.98. The number of hydrogen-bond acceptors (Lipinski definition) is 3. The van der Waals surface area contributed by atoms with E-state index < -0.39 is 18.5 Å². The number of ether oxygens (including phenoxy) is 1. The van der Waals surface area contributed by atoms with E-state index in [1.807, 2.05) is 60.7 Å². The Labute approximate surface area is 218 Å². The predicted molar refractivity (Wildman–Crippen MR) is 150 cm³/mol. The molecule has 3 N–H and O–H groups in total. The van der Waals surface area contributed by atoms with Gasteiger partial charge >= 0.3 is 5.97 Å². The number of nitrogens with two attached hydrogens (primary N) is 1. The lowest BCUT2D eigenvalue weighted by Gasteiger charge is -2.12. The monoisotopic (exact) mass is 500 g/mol. The molecule has 0 atom stereocenters. The predicted octanol–water partition coefficient (Wildman–Crippen LogP) is 6.23. The molecule has 0 saturated carbocycles. The number of hydrogen-bond donors (Lipinski definition) is 2. The molecule has 0 aliphatic heterocycles. The summed E-state index contributed by atoms with van der Waals surface area (Å²) >= 11 is 0. The van der Waals surface area contributed by atoms with Crippen molar-refractivity contribution in [2.75, 3.05) is 6.61 Å². The quantitative estimate of drug-likeness (QED) is 0.272. The third-order valence-electron chi connectivity index (χ3n) is 6.83. The first kappa shape index (κ1) is 23.3. The van der Waals surface area contributed by atoms with Gasteiger partial charge in [0.2, 0.25) is 5.91 Å². The van der Waals surface area contributed by atoms with Crippen molar-refractivity contribution in [1.82, 2.24) is 4.57 Å². The van der Waals surface area contributed by atoms with Gasteiger partial charge in [0.05, 0.1) is 16.4 Å². The maximum Gasteiger partial charge on any atom is 0.341 e. The number of primary amides is 1. The number of aliphatic carboxylic acids is 1. The molecular formula is C32H24N2O4. The van der Waals surface area contributed by atoms with Crippen LogP contribution in [-0.2, 0) is 11.3 Å². The van der Waals surface area contributed by atoms with Crippen molar-refractivity contribution in [2.24, 2.45) is 5.73 Å². The molecule has 186 valence electrons. The van der Waals surface area contributed by atoms with Crippen LogP contribution in [0.3, 0.4) is 0 Å². The fourth-order valence-electron chi connectivity index (χ4n) is 5.17. The first-order chi connectivity index (χ1) is 18.5. The lowest BCUT2D eigenvalue weighted by molar-refractivity contribution is -0.139. The topological polar surface area (TPSA) is 94.6 Å². The van der Waals surface area contributed by atoms with Crippen molar-refractivity contribution in [2.45, 2.75) is 6.54 Å². The zero-order valence-electron chi connectivity index (χ0n) is 20.4. The summed E-state index contributed by atoms with van der Waals surface area (Å²) in [5.74, 6) is -1.25. The van der Waals surface area contributed by atoms with Gasteiger partial charge in [-0.1, -0.05) is 72.8 Å². The van der Waals surface area contributed by atoms with Crippen LogP contribution in [0.4, 0.5) is 0 Å². The van der Waals surface area contributed by atoms with E-state index in [1.54, 1.807) is 6.07 Å². The highest BCUT2D eigenvalue weighted by Crippen LogP contribution is 2.41. The molecule has 6 nitrogen and oxygen atoms in total. The molecule has 1 aromatic heterocycles. The minimum atomic E-state index is -1.08. The Morgan fingerprint density at radius 3 is 2.26 bits per heavy atom. The summed E-state index contributed by atoms with van der Waals surface area (Å²) in [5, 5.41) is 13.0. The van der Waals surface area contributed by atoms with Crippen molar-refractivity contribution >= 4 is 44.5 Å². The average Bonchev–Trinajstić information content (AvgIpc) is 3.25. The molecule has 0 unspecified atom stereocenters. The number of aromatic nitrogens is 1. The van der Waals surface area contributed by atoms with Crippen LogP contribution in [0.2, 0.25) is 0 Å². The third-order valence-corrected chi connectivity index (χ3v) is 6.83. The lowest BCUT2D eigenvalue weighted by atomic mass is 10.0. The minimum Gasteiger partial charge on any atom is -0.481 e. The van der Waals surface area contributed by atoms with Gasteiger partial charge in [-0.05, 0) is 57.8 Å².